The Labute approximate surface area is 147 Å². The van der Waals surface area contributed by atoms with Crippen molar-refractivity contribution < 1.29 is 18.7 Å². The molecule has 7 nitrogen and oxygen atoms in total. The Hall–Kier alpha value is -2.71. The van der Waals surface area contributed by atoms with Gasteiger partial charge in [-0.2, -0.15) is 0 Å². The summed E-state index contributed by atoms with van der Waals surface area (Å²) in [5.41, 5.74) is 5.58. The van der Waals surface area contributed by atoms with Crippen LogP contribution in [0.5, 0.6) is 0 Å². The number of fused-ring (bicyclic) bond motifs is 1. The molecule has 1 atom stereocenters. The van der Waals surface area contributed by atoms with Crippen LogP contribution in [0.4, 0.5) is 0 Å². The Morgan fingerprint density at radius 3 is 2.84 bits per heavy atom. The molecular formula is C17H15N3O4S. The molecule has 3 aromatic rings. The van der Waals surface area contributed by atoms with Crippen molar-refractivity contribution in [2.45, 2.75) is 18.9 Å². The average molecular weight is 357 g/mol. The molecule has 0 saturated carbocycles. The minimum atomic E-state index is -0.529. The first-order valence-electron chi connectivity index (χ1n) is 7.88. The van der Waals surface area contributed by atoms with Crippen molar-refractivity contribution in [3.8, 4) is 10.8 Å². The van der Waals surface area contributed by atoms with E-state index in [9.17, 15) is 9.59 Å². The van der Waals surface area contributed by atoms with Crippen molar-refractivity contribution >= 4 is 33.4 Å². The molecule has 2 aromatic heterocycles. The first-order valence-corrected chi connectivity index (χ1v) is 8.70. The van der Waals surface area contributed by atoms with Gasteiger partial charge in [-0.15, -0.1) is 11.3 Å². The Kier molecular flexibility index (Phi) is 4.21. The number of carbonyl (C=O) groups is 2. The van der Waals surface area contributed by atoms with Gasteiger partial charge in [-0.3, -0.25) is 20.4 Å². The van der Waals surface area contributed by atoms with Crippen molar-refractivity contribution in [1.82, 2.24) is 15.8 Å². The van der Waals surface area contributed by atoms with Crippen LogP contribution in [0.3, 0.4) is 0 Å². The number of hydrogen-bond acceptors (Lipinski definition) is 6. The van der Waals surface area contributed by atoms with Crippen molar-refractivity contribution in [2.75, 3.05) is 6.61 Å². The summed E-state index contributed by atoms with van der Waals surface area (Å²) in [5, 5.41) is 0.698. The number of carbonyl (C=O) groups excluding carboxylic acids is 2. The van der Waals surface area contributed by atoms with E-state index >= 15 is 0 Å². The highest BCUT2D eigenvalue weighted by Gasteiger charge is 2.24. The molecule has 1 aliphatic heterocycles. The van der Waals surface area contributed by atoms with Gasteiger partial charge >= 0.3 is 5.91 Å². The van der Waals surface area contributed by atoms with E-state index in [4.69, 9.17) is 9.15 Å². The first-order chi connectivity index (χ1) is 12.2. The number of furan rings is 1. The normalized spacial score (nSPS) is 16.9. The number of nitrogens with zero attached hydrogens (tertiary/aromatic N) is 1. The molecule has 8 heteroatoms. The second-order valence-corrected chi connectivity index (χ2v) is 6.63. The standard InChI is InChI=1S/C17H15N3O4S/c21-15(11-5-3-9-23-11)19-20-16(22)12-7-8-13(24-12)17-18-10-4-1-2-6-14(10)25-17/h1-2,4,6-8,11H,3,5,9H2,(H,19,21)(H,20,22). The maximum absolute atomic E-state index is 12.1. The molecule has 1 aliphatic rings. The van der Waals surface area contributed by atoms with Crippen LogP contribution >= 0.6 is 11.3 Å². The third-order valence-electron chi connectivity index (χ3n) is 3.86. The van der Waals surface area contributed by atoms with Crippen LogP contribution in [0, 0.1) is 0 Å². The number of aromatic nitrogens is 1. The molecule has 2 amide bonds. The SMILES string of the molecule is O=C(NNC(=O)C1CCCO1)c1ccc(-c2nc3ccccc3s2)o1. The van der Waals surface area contributed by atoms with Crippen molar-refractivity contribution in [2.24, 2.45) is 0 Å². The van der Waals surface area contributed by atoms with E-state index in [0.717, 1.165) is 16.6 Å². The van der Waals surface area contributed by atoms with E-state index in [2.05, 4.69) is 15.8 Å². The lowest BCUT2D eigenvalue weighted by Crippen LogP contribution is -2.46. The quantitative estimate of drug-likeness (QED) is 0.703. The Balaban J connectivity index is 1.43. The van der Waals surface area contributed by atoms with E-state index in [1.54, 1.807) is 12.1 Å². The van der Waals surface area contributed by atoms with Gasteiger partial charge in [0.1, 0.15) is 6.10 Å². The molecule has 3 heterocycles. The van der Waals surface area contributed by atoms with Gasteiger partial charge in [0.05, 0.1) is 10.2 Å². The molecule has 1 saturated heterocycles. The van der Waals surface area contributed by atoms with E-state index in [1.807, 2.05) is 24.3 Å². The minimum Gasteiger partial charge on any atom is -0.448 e. The zero-order valence-electron chi connectivity index (χ0n) is 13.2. The van der Waals surface area contributed by atoms with E-state index < -0.39 is 12.0 Å². The Morgan fingerprint density at radius 1 is 1.16 bits per heavy atom. The maximum Gasteiger partial charge on any atom is 0.305 e. The van der Waals surface area contributed by atoms with E-state index in [-0.39, 0.29) is 11.7 Å². The van der Waals surface area contributed by atoms with Crippen LogP contribution in [0.2, 0.25) is 0 Å². The van der Waals surface area contributed by atoms with Crippen LogP contribution in [0.15, 0.2) is 40.8 Å². The molecule has 0 spiro atoms. The lowest BCUT2D eigenvalue weighted by atomic mass is 10.2. The zero-order valence-corrected chi connectivity index (χ0v) is 14.0. The lowest BCUT2D eigenvalue weighted by Gasteiger charge is -2.10. The summed E-state index contributed by atoms with van der Waals surface area (Å²) < 4.78 is 11.9. The molecule has 128 valence electrons. The van der Waals surface area contributed by atoms with Gasteiger partial charge in [0.15, 0.2) is 16.5 Å². The number of rotatable bonds is 3. The smallest absolute Gasteiger partial charge is 0.305 e. The number of benzene rings is 1. The summed E-state index contributed by atoms with van der Waals surface area (Å²) in [6.45, 7) is 0.565. The lowest BCUT2D eigenvalue weighted by molar-refractivity contribution is -0.130. The van der Waals surface area contributed by atoms with Gasteiger partial charge in [0.25, 0.3) is 5.91 Å². The van der Waals surface area contributed by atoms with E-state index in [1.165, 1.54) is 11.3 Å². The molecule has 1 unspecified atom stereocenters. The number of thiazole rings is 1. The number of amides is 2. The van der Waals surface area contributed by atoms with Crippen LogP contribution in [-0.4, -0.2) is 29.5 Å². The van der Waals surface area contributed by atoms with Gasteiger partial charge in [-0.25, -0.2) is 4.98 Å². The molecule has 2 N–H and O–H groups in total. The van der Waals surface area contributed by atoms with Crippen LogP contribution in [0.25, 0.3) is 21.0 Å². The van der Waals surface area contributed by atoms with E-state index in [0.29, 0.717) is 23.8 Å². The predicted octanol–water partition coefficient (Wildman–Crippen LogP) is 2.50. The summed E-state index contributed by atoms with van der Waals surface area (Å²) in [4.78, 5) is 28.4. The molecule has 1 fully saturated rings. The van der Waals surface area contributed by atoms with Crippen LogP contribution in [-0.2, 0) is 9.53 Å². The number of para-hydroxylation sites is 1. The minimum absolute atomic E-state index is 0.0990. The number of hydrazine groups is 1. The van der Waals surface area contributed by atoms with Gasteiger partial charge in [0, 0.05) is 6.61 Å². The summed E-state index contributed by atoms with van der Waals surface area (Å²) in [6.07, 6.45) is 0.996. The molecule has 0 aliphatic carbocycles. The third kappa shape index (κ3) is 3.26. The highest BCUT2D eigenvalue weighted by molar-refractivity contribution is 7.21. The number of nitrogens with one attached hydrogen (secondary N) is 2. The molecule has 1 aromatic carbocycles. The fourth-order valence-corrected chi connectivity index (χ4v) is 3.52. The van der Waals surface area contributed by atoms with Gasteiger partial charge < -0.3 is 9.15 Å². The summed E-state index contributed by atoms with van der Waals surface area (Å²) in [5.74, 6) is -0.277. The van der Waals surface area contributed by atoms with Crippen LogP contribution < -0.4 is 10.9 Å². The highest BCUT2D eigenvalue weighted by Crippen LogP contribution is 2.31. The average Bonchev–Trinajstić information content (AvgIpc) is 3.38. The zero-order chi connectivity index (χ0) is 17.2. The fraction of sp³-hybridized carbons (Fsp3) is 0.235. The summed E-state index contributed by atoms with van der Waals surface area (Å²) >= 11 is 1.49. The monoisotopic (exact) mass is 357 g/mol. The Morgan fingerprint density at radius 2 is 2.04 bits per heavy atom. The van der Waals surface area contributed by atoms with Crippen molar-refractivity contribution in [3.63, 3.8) is 0 Å². The number of ether oxygens (including phenoxy) is 1. The van der Waals surface area contributed by atoms with Gasteiger partial charge in [-0.05, 0) is 37.1 Å². The van der Waals surface area contributed by atoms with Crippen molar-refractivity contribution in [1.29, 1.82) is 0 Å². The van der Waals surface area contributed by atoms with Gasteiger partial charge in [-0.1, -0.05) is 12.1 Å². The Bertz CT molecular complexity index is 894. The molecule has 0 radical (unpaired) electrons. The summed E-state index contributed by atoms with van der Waals surface area (Å²) in [7, 11) is 0. The second-order valence-electron chi connectivity index (χ2n) is 5.60. The number of hydrogen-bond donors (Lipinski definition) is 2. The maximum atomic E-state index is 12.1. The topological polar surface area (TPSA) is 93.5 Å². The summed E-state index contributed by atoms with van der Waals surface area (Å²) in [6, 6.07) is 11.0. The second kappa shape index (κ2) is 6.66. The fourth-order valence-electron chi connectivity index (χ4n) is 2.60. The van der Waals surface area contributed by atoms with Crippen molar-refractivity contribution in [3.05, 3.63) is 42.2 Å². The van der Waals surface area contributed by atoms with Crippen LogP contribution in [0.1, 0.15) is 23.4 Å². The molecule has 0 bridgehead atoms. The first kappa shape index (κ1) is 15.8. The highest BCUT2D eigenvalue weighted by atomic mass is 32.1. The van der Waals surface area contributed by atoms with Gasteiger partial charge in [0.2, 0.25) is 0 Å². The molecule has 25 heavy (non-hydrogen) atoms. The predicted molar refractivity (Wildman–Crippen MR) is 91.9 cm³/mol. The molecular weight excluding hydrogens is 342 g/mol. The third-order valence-corrected chi connectivity index (χ3v) is 4.91. The molecule has 4 rings (SSSR count). The largest absolute Gasteiger partial charge is 0.448 e.